The quantitative estimate of drug-likeness (QED) is 0.679. The molecule has 0 amide bonds. The molecule has 1 fully saturated rings. The zero-order chi connectivity index (χ0) is 21.1. The van der Waals surface area contributed by atoms with Crippen LogP contribution in [0.25, 0.3) is 11.1 Å². The van der Waals surface area contributed by atoms with Gasteiger partial charge in [-0.3, -0.25) is 4.90 Å². The molecule has 1 unspecified atom stereocenters. The lowest BCUT2D eigenvalue weighted by Crippen LogP contribution is -2.43. The molecule has 2 aromatic carbocycles. The first kappa shape index (κ1) is 20.6. The van der Waals surface area contributed by atoms with Crippen LogP contribution in [0.2, 0.25) is 0 Å². The van der Waals surface area contributed by atoms with E-state index in [0.717, 1.165) is 36.0 Å². The highest BCUT2D eigenvalue weighted by Crippen LogP contribution is 2.42. The minimum Gasteiger partial charge on any atom is -0.493 e. The van der Waals surface area contributed by atoms with Crippen molar-refractivity contribution in [3.63, 3.8) is 0 Å². The third kappa shape index (κ3) is 3.86. The second-order valence-corrected chi connectivity index (χ2v) is 7.92. The standard InChI is InChI=1S/C25H31NO4/c1-27-22-10-8-17(13-24(22)29-3)20-15-19-7-5-6-12-26(19)16-21(20)18-9-11-23(28-2)25(14-18)30-4/h8-11,13-14,19H,5-7,12,15-16H2,1-4H3. The summed E-state index contributed by atoms with van der Waals surface area (Å²) in [5.74, 6) is 3.03. The zero-order valence-electron chi connectivity index (χ0n) is 18.4. The molecule has 2 aliphatic rings. The van der Waals surface area contributed by atoms with Crippen LogP contribution in [-0.4, -0.2) is 52.5 Å². The van der Waals surface area contributed by atoms with Crippen molar-refractivity contribution < 1.29 is 18.9 Å². The predicted molar refractivity (Wildman–Crippen MR) is 120 cm³/mol. The van der Waals surface area contributed by atoms with Crippen LogP contribution >= 0.6 is 0 Å². The lowest BCUT2D eigenvalue weighted by atomic mass is 9.82. The minimum atomic E-state index is 0.603. The summed E-state index contributed by atoms with van der Waals surface area (Å²) >= 11 is 0. The molecule has 0 saturated carbocycles. The molecule has 5 heteroatoms. The van der Waals surface area contributed by atoms with E-state index in [4.69, 9.17) is 18.9 Å². The summed E-state index contributed by atoms with van der Waals surface area (Å²) in [6, 6.07) is 13.1. The van der Waals surface area contributed by atoms with Crippen LogP contribution in [0, 0.1) is 0 Å². The maximum absolute atomic E-state index is 5.59. The van der Waals surface area contributed by atoms with E-state index in [2.05, 4.69) is 29.2 Å². The van der Waals surface area contributed by atoms with Gasteiger partial charge in [-0.25, -0.2) is 0 Å². The average molecular weight is 410 g/mol. The first-order valence-electron chi connectivity index (χ1n) is 10.6. The van der Waals surface area contributed by atoms with E-state index in [-0.39, 0.29) is 0 Å². The van der Waals surface area contributed by atoms with Crippen LogP contribution < -0.4 is 18.9 Å². The SMILES string of the molecule is COc1ccc(C2=C(c3ccc(OC)c(OC)c3)CN3CCCCC3C2)cc1OC. The molecule has 0 bridgehead atoms. The number of benzene rings is 2. The Kier molecular flexibility index (Phi) is 6.18. The highest BCUT2D eigenvalue weighted by atomic mass is 16.5. The number of nitrogens with zero attached hydrogens (tertiary/aromatic N) is 1. The highest BCUT2D eigenvalue weighted by molar-refractivity contribution is 5.93. The summed E-state index contributed by atoms with van der Waals surface area (Å²) in [6.45, 7) is 2.12. The molecule has 0 radical (unpaired) electrons. The van der Waals surface area contributed by atoms with Crippen LogP contribution in [0.15, 0.2) is 36.4 Å². The van der Waals surface area contributed by atoms with Crippen molar-refractivity contribution in [3.05, 3.63) is 47.5 Å². The summed E-state index contributed by atoms with van der Waals surface area (Å²) in [4.78, 5) is 2.64. The van der Waals surface area contributed by atoms with Gasteiger partial charge in [0, 0.05) is 12.6 Å². The molecule has 30 heavy (non-hydrogen) atoms. The first-order chi connectivity index (χ1) is 14.7. The Balaban J connectivity index is 1.84. The number of ether oxygens (including phenoxy) is 4. The fourth-order valence-corrected chi connectivity index (χ4v) is 4.76. The smallest absolute Gasteiger partial charge is 0.161 e. The van der Waals surface area contributed by atoms with E-state index in [1.807, 2.05) is 12.1 Å². The van der Waals surface area contributed by atoms with Gasteiger partial charge >= 0.3 is 0 Å². The number of hydrogen-bond donors (Lipinski definition) is 0. The number of piperidine rings is 1. The second kappa shape index (κ2) is 9.00. The summed E-state index contributed by atoms with van der Waals surface area (Å²) < 4.78 is 22.1. The summed E-state index contributed by atoms with van der Waals surface area (Å²) in [5, 5.41) is 0. The number of methoxy groups -OCH3 is 4. The maximum atomic E-state index is 5.59. The van der Waals surface area contributed by atoms with Crippen molar-refractivity contribution in [3.8, 4) is 23.0 Å². The molecule has 1 saturated heterocycles. The van der Waals surface area contributed by atoms with Gasteiger partial charge in [0.2, 0.25) is 0 Å². The normalized spacial score (nSPS) is 19.3. The Morgan fingerprint density at radius 3 is 1.83 bits per heavy atom. The van der Waals surface area contributed by atoms with Gasteiger partial charge in [0.1, 0.15) is 0 Å². The van der Waals surface area contributed by atoms with Gasteiger partial charge in [0.25, 0.3) is 0 Å². The van der Waals surface area contributed by atoms with E-state index >= 15 is 0 Å². The van der Waals surface area contributed by atoms with Gasteiger partial charge in [-0.15, -0.1) is 0 Å². The van der Waals surface area contributed by atoms with Gasteiger partial charge < -0.3 is 18.9 Å². The van der Waals surface area contributed by atoms with Crippen molar-refractivity contribution in [2.24, 2.45) is 0 Å². The van der Waals surface area contributed by atoms with Crippen LogP contribution in [0.3, 0.4) is 0 Å². The van der Waals surface area contributed by atoms with Crippen LogP contribution in [-0.2, 0) is 0 Å². The van der Waals surface area contributed by atoms with Crippen LogP contribution in [0.1, 0.15) is 36.8 Å². The average Bonchev–Trinajstić information content (AvgIpc) is 2.82. The van der Waals surface area contributed by atoms with E-state index in [0.29, 0.717) is 6.04 Å². The van der Waals surface area contributed by atoms with Gasteiger partial charge in [-0.05, 0) is 72.3 Å². The lowest BCUT2D eigenvalue weighted by Gasteiger charge is -2.41. The van der Waals surface area contributed by atoms with E-state index in [1.165, 1.54) is 48.1 Å². The monoisotopic (exact) mass is 409 g/mol. The molecule has 2 aromatic rings. The van der Waals surface area contributed by atoms with Crippen molar-refractivity contribution in [1.29, 1.82) is 0 Å². The number of fused-ring (bicyclic) bond motifs is 1. The third-order valence-corrected chi connectivity index (χ3v) is 6.38. The lowest BCUT2D eigenvalue weighted by molar-refractivity contribution is 0.165. The molecule has 4 rings (SSSR count). The summed E-state index contributed by atoms with van der Waals surface area (Å²) in [5.41, 5.74) is 5.11. The van der Waals surface area contributed by atoms with Crippen molar-refractivity contribution >= 4 is 11.1 Å². The van der Waals surface area contributed by atoms with E-state index < -0.39 is 0 Å². The Morgan fingerprint density at radius 1 is 0.700 bits per heavy atom. The highest BCUT2D eigenvalue weighted by Gasteiger charge is 2.31. The van der Waals surface area contributed by atoms with Crippen molar-refractivity contribution in [2.45, 2.75) is 31.7 Å². The number of rotatable bonds is 6. The Bertz CT molecular complexity index is 861. The van der Waals surface area contributed by atoms with Crippen LogP contribution in [0.4, 0.5) is 0 Å². The summed E-state index contributed by atoms with van der Waals surface area (Å²) in [7, 11) is 6.72. The largest absolute Gasteiger partial charge is 0.493 e. The third-order valence-electron chi connectivity index (χ3n) is 6.38. The van der Waals surface area contributed by atoms with Gasteiger partial charge in [0.15, 0.2) is 23.0 Å². The molecule has 0 aliphatic carbocycles. The van der Waals surface area contributed by atoms with Crippen molar-refractivity contribution in [1.82, 2.24) is 4.90 Å². The van der Waals surface area contributed by atoms with Gasteiger partial charge in [-0.1, -0.05) is 18.6 Å². The number of hydrogen-bond acceptors (Lipinski definition) is 5. The second-order valence-electron chi connectivity index (χ2n) is 7.92. The van der Waals surface area contributed by atoms with Gasteiger partial charge in [0.05, 0.1) is 28.4 Å². The Hall–Kier alpha value is -2.66. The molecule has 2 aliphatic heterocycles. The molecule has 2 heterocycles. The van der Waals surface area contributed by atoms with Crippen molar-refractivity contribution in [2.75, 3.05) is 41.5 Å². The molecule has 5 nitrogen and oxygen atoms in total. The molecular formula is C25H31NO4. The molecular weight excluding hydrogens is 378 g/mol. The molecule has 0 N–H and O–H groups in total. The van der Waals surface area contributed by atoms with E-state index in [1.54, 1.807) is 28.4 Å². The first-order valence-corrected chi connectivity index (χ1v) is 10.6. The minimum absolute atomic E-state index is 0.603. The fraction of sp³-hybridized carbons (Fsp3) is 0.440. The topological polar surface area (TPSA) is 40.2 Å². The zero-order valence-corrected chi connectivity index (χ0v) is 18.4. The van der Waals surface area contributed by atoms with Gasteiger partial charge in [-0.2, -0.15) is 0 Å². The molecule has 0 aromatic heterocycles. The molecule has 0 spiro atoms. The maximum Gasteiger partial charge on any atom is 0.161 e. The molecule has 1 atom stereocenters. The summed E-state index contributed by atoms with van der Waals surface area (Å²) in [6.07, 6.45) is 4.89. The Labute approximate surface area is 179 Å². The van der Waals surface area contributed by atoms with E-state index in [9.17, 15) is 0 Å². The Morgan fingerprint density at radius 2 is 1.27 bits per heavy atom. The molecule has 160 valence electrons. The van der Waals surface area contributed by atoms with Crippen LogP contribution in [0.5, 0.6) is 23.0 Å². The predicted octanol–water partition coefficient (Wildman–Crippen LogP) is 4.89. The fourth-order valence-electron chi connectivity index (χ4n) is 4.76.